The van der Waals surface area contributed by atoms with E-state index >= 15 is 0 Å². The van der Waals surface area contributed by atoms with Crippen LogP contribution >= 0.6 is 0 Å². The topological polar surface area (TPSA) is 61.4 Å². The molecule has 6 nitrogen and oxygen atoms in total. The Morgan fingerprint density at radius 2 is 2.14 bits per heavy atom. The minimum absolute atomic E-state index is 0.164. The minimum Gasteiger partial charge on any atom is -0.250 e. The van der Waals surface area contributed by atoms with Crippen molar-refractivity contribution in [2.75, 3.05) is 0 Å². The summed E-state index contributed by atoms with van der Waals surface area (Å²) in [6.07, 6.45) is 3.21. The molecule has 1 aliphatic heterocycles. The van der Waals surface area contributed by atoms with E-state index in [9.17, 15) is 4.39 Å². The first-order chi connectivity index (χ1) is 10.7. The van der Waals surface area contributed by atoms with Crippen LogP contribution in [0, 0.1) is 12.7 Å². The van der Waals surface area contributed by atoms with Crippen molar-refractivity contribution in [3.8, 4) is 5.69 Å². The van der Waals surface area contributed by atoms with Gasteiger partial charge in [0.1, 0.15) is 35.3 Å². The molecule has 0 saturated carbocycles. The minimum atomic E-state index is -0.298. The van der Waals surface area contributed by atoms with E-state index in [2.05, 4.69) is 20.2 Å². The molecule has 3 heterocycles. The predicted molar refractivity (Wildman–Crippen MR) is 77.1 cm³/mol. The van der Waals surface area contributed by atoms with Crippen molar-refractivity contribution in [2.45, 2.75) is 32.2 Å². The van der Waals surface area contributed by atoms with Gasteiger partial charge in [-0.3, -0.25) is 4.68 Å². The first-order valence-electron chi connectivity index (χ1n) is 7.27. The van der Waals surface area contributed by atoms with Crippen molar-refractivity contribution in [1.29, 1.82) is 0 Å². The van der Waals surface area contributed by atoms with E-state index < -0.39 is 0 Å². The number of fused-ring (bicyclic) bond motifs is 1. The van der Waals surface area contributed by atoms with E-state index in [0.717, 1.165) is 31.0 Å². The number of aryl methyl sites for hydroxylation is 2. The van der Waals surface area contributed by atoms with Gasteiger partial charge >= 0.3 is 0 Å². The average Bonchev–Trinajstić information content (AvgIpc) is 3.13. The molecule has 0 bridgehead atoms. The second-order valence-electron chi connectivity index (χ2n) is 5.47. The Morgan fingerprint density at radius 3 is 3.00 bits per heavy atom. The second-order valence-corrected chi connectivity index (χ2v) is 5.47. The fourth-order valence-electron chi connectivity index (χ4n) is 2.95. The van der Waals surface area contributed by atoms with E-state index in [4.69, 9.17) is 0 Å². The Bertz CT molecular complexity index is 821. The van der Waals surface area contributed by atoms with Crippen molar-refractivity contribution in [3.63, 3.8) is 0 Å². The summed E-state index contributed by atoms with van der Waals surface area (Å²) >= 11 is 0. The van der Waals surface area contributed by atoms with Crippen LogP contribution in [0.3, 0.4) is 0 Å². The Hall–Kier alpha value is -2.57. The third-order valence-electron chi connectivity index (χ3n) is 4.00. The molecule has 0 radical (unpaired) electrons. The molecule has 0 fully saturated rings. The summed E-state index contributed by atoms with van der Waals surface area (Å²) in [7, 11) is 0. The summed E-state index contributed by atoms with van der Waals surface area (Å²) in [5, 5.41) is 8.57. The maximum Gasteiger partial charge on any atom is 0.148 e. The van der Waals surface area contributed by atoms with Gasteiger partial charge in [-0.1, -0.05) is 12.1 Å². The molecule has 1 atom stereocenters. The summed E-state index contributed by atoms with van der Waals surface area (Å²) in [4.78, 5) is 8.82. The fraction of sp³-hybridized carbons (Fsp3) is 0.333. The van der Waals surface area contributed by atoms with Crippen LogP contribution < -0.4 is 0 Å². The largest absolute Gasteiger partial charge is 0.250 e. The van der Waals surface area contributed by atoms with Gasteiger partial charge in [0.2, 0.25) is 0 Å². The number of rotatable bonds is 2. The molecule has 1 aliphatic rings. The lowest BCUT2D eigenvalue weighted by Crippen LogP contribution is -2.22. The summed E-state index contributed by atoms with van der Waals surface area (Å²) in [5.41, 5.74) is 0.435. The number of benzene rings is 1. The monoisotopic (exact) mass is 298 g/mol. The van der Waals surface area contributed by atoms with Crippen LogP contribution in [-0.4, -0.2) is 29.5 Å². The van der Waals surface area contributed by atoms with Crippen LogP contribution in [0.2, 0.25) is 0 Å². The van der Waals surface area contributed by atoms with Gasteiger partial charge in [-0.2, -0.15) is 10.2 Å². The Morgan fingerprint density at radius 1 is 1.27 bits per heavy atom. The van der Waals surface area contributed by atoms with Gasteiger partial charge in [0, 0.05) is 18.9 Å². The van der Waals surface area contributed by atoms with E-state index in [-0.39, 0.29) is 11.7 Å². The molecular weight excluding hydrogens is 283 g/mol. The standard InChI is InChI=1S/C15H15FN6/c1-10-19-15(11-6-7-21-14(8-11)17-9-18-21)22(20-10)13-5-3-2-4-12(13)16/h2-5,9,11H,6-8H2,1H3. The van der Waals surface area contributed by atoms with Gasteiger partial charge in [-0.15, -0.1) is 0 Å². The quantitative estimate of drug-likeness (QED) is 0.726. The van der Waals surface area contributed by atoms with Gasteiger partial charge in [0.15, 0.2) is 0 Å². The highest BCUT2D eigenvalue weighted by Crippen LogP contribution is 2.29. The Kier molecular flexibility index (Phi) is 2.99. The van der Waals surface area contributed by atoms with Crippen molar-refractivity contribution < 1.29 is 4.39 Å². The van der Waals surface area contributed by atoms with Gasteiger partial charge in [-0.05, 0) is 25.5 Å². The Labute approximate surface area is 126 Å². The number of aromatic nitrogens is 6. The number of nitrogens with zero attached hydrogens (tertiary/aromatic N) is 6. The second kappa shape index (κ2) is 5.01. The molecule has 0 N–H and O–H groups in total. The lowest BCUT2D eigenvalue weighted by atomic mass is 9.97. The predicted octanol–water partition coefficient (Wildman–Crippen LogP) is 2.04. The molecule has 7 heteroatoms. The summed E-state index contributed by atoms with van der Waals surface area (Å²) < 4.78 is 17.6. The van der Waals surface area contributed by atoms with E-state index in [0.29, 0.717) is 11.5 Å². The van der Waals surface area contributed by atoms with E-state index in [1.807, 2.05) is 11.6 Å². The number of hydrogen-bond acceptors (Lipinski definition) is 4. The third-order valence-corrected chi connectivity index (χ3v) is 4.00. The lowest BCUT2D eigenvalue weighted by Gasteiger charge is -2.22. The molecule has 0 saturated heterocycles. The number of para-hydroxylation sites is 1. The Balaban J connectivity index is 1.76. The molecule has 1 aromatic carbocycles. The summed E-state index contributed by atoms with van der Waals surface area (Å²) in [6.45, 7) is 2.62. The highest BCUT2D eigenvalue weighted by Gasteiger charge is 2.27. The van der Waals surface area contributed by atoms with Gasteiger partial charge in [0.25, 0.3) is 0 Å². The summed E-state index contributed by atoms with van der Waals surface area (Å²) in [6, 6.07) is 6.63. The zero-order valence-corrected chi connectivity index (χ0v) is 12.1. The molecule has 112 valence electrons. The molecule has 1 unspecified atom stereocenters. The smallest absolute Gasteiger partial charge is 0.148 e. The van der Waals surface area contributed by atoms with Gasteiger partial charge < -0.3 is 0 Å². The molecular formula is C15H15FN6. The van der Waals surface area contributed by atoms with Crippen LogP contribution in [0.5, 0.6) is 0 Å². The van der Waals surface area contributed by atoms with E-state index in [1.165, 1.54) is 6.07 Å². The first kappa shape index (κ1) is 13.1. The lowest BCUT2D eigenvalue weighted by molar-refractivity contribution is 0.416. The van der Waals surface area contributed by atoms with Crippen molar-refractivity contribution in [3.05, 3.63) is 53.9 Å². The van der Waals surface area contributed by atoms with E-state index in [1.54, 1.807) is 29.2 Å². The highest BCUT2D eigenvalue weighted by molar-refractivity contribution is 5.34. The van der Waals surface area contributed by atoms with Gasteiger partial charge in [-0.25, -0.2) is 19.0 Å². The maximum atomic E-state index is 14.1. The molecule has 4 rings (SSSR count). The van der Waals surface area contributed by atoms with Crippen LogP contribution in [0.1, 0.15) is 29.8 Å². The first-order valence-corrected chi connectivity index (χ1v) is 7.27. The van der Waals surface area contributed by atoms with Crippen molar-refractivity contribution >= 4 is 0 Å². The molecule has 3 aromatic rings. The average molecular weight is 298 g/mol. The van der Waals surface area contributed by atoms with Crippen LogP contribution in [-0.2, 0) is 13.0 Å². The molecule has 2 aromatic heterocycles. The van der Waals surface area contributed by atoms with Crippen molar-refractivity contribution in [1.82, 2.24) is 29.5 Å². The van der Waals surface area contributed by atoms with Crippen LogP contribution in [0.4, 0.5) is 4.39 Å². The van der Waals surface area contributed by atoms with Crippen LogP contribution in [0.15, 0.2) is 30.6 Å². The normalized spacial score (nSPS) is 17.5. The maximum absolute atomic E-state index is 14.1. The summed E-state index contributed by atoms with van der Waals surface area (Å²) in [5.74, 6) is 2.24. The molecule has 0 spiro atoms. The zero-order valence-electron chi connectivity index (χ0n) is 12.1. The molecule has 22 heavy (non-hydrogen) atoms. The number of halogens is 1. The molecule has 0 amide bonds. The van der Waals surface area contributed by atoms with Crippen molar-refractivity contribution in [2.24, 2.45) is 0 Å². The highest BCUT2D eigenvalue weighted by atomic mass is 19.1. The van der Waals surface area contributed by atoms with Crippen LogP contribution in [0.25, 0.3) is 5.69 Å². The molecule has 0 aliphatic carbocycles. The van der Waals surface area contributed by atoms with Gasteiger partial charge in [0.05, 0.1) is 0 Å². The number of hydrogen-bond donors (Lipinski definition) is 0. The SMILES string of the molecule is Cc1nc(C2CCn3ncnc3C2)n(-c2ccccc2F)n1. The zero-order chi connectivity index (χ0) is 15.1. The fourth-order valence-corrected chi connectivity index (χ4v) is 2.95. The third kappa shape index (κ3) is 2.09.